The Morgan fingerprint density at radius 1 is 1.29 bits per heavy atom. The number of rotatable bonds is 6. The number of fused-ring (bicyclic) bond motifs is 1. The van der Waals surface area contributed by atoms with E-state index in [0.29, 0.717) is 11.1 Å². The molecule has 1 aromatic carbocycles. The van der Waals surface area contributed by atoms with Crippen LogP contribution >= 0.6 is 0 Å². The zero-order chi connectivity index (χ0) is 21.0. The van der Waals surface area contributed by atoms with Crippen molar-refractivity contribution in [1.82, 2.24) is 10.2 Å². The van der Waals surface area contributed by atoms with Gasteiger partial charge in [0, 0.05) is 5.39 Å². The molecule has 148 valence electrons. The van der Waals surface area contributed by atoms with Gasteiger partial charge in [0.2, 0.25) is 6.10 Å². The second-order valence-electron chi connectivity index (χ2n) is 5.88. The Bertz CT molecular complexity index is 1050. The van der Waals surface area contributed by atoms with Crippen LogP contribution in [0, 0.1) is 13.8 Å². The van der Waals surface area contributed by atoms with Gasteiger partial charge in [-0.2, -0.15) is 9.89 Å². The Morgan fingerprint density at radius 2 is 1.93 bits per heavy atom. The van der Waals surface area contributed by atoms with E-state index in [9.17, 15) is 19.5 Å². The minimum atomic E-state index is -1.77. The van der Waals surface area contributed by atoms with Gasteiger partial charge in [0.05, 0.1) is 24.2 Å². The number of nitrogens with one attached hydrogen (secondary N) is 1. The van der Waals surface area contributed by atoms with Gasteiger partial charge in [-0.1, -0.05) is 0 Å². The van der Waals surface area contributed by atoms with Crippen molar-refractivity contribution in [3.63, 3.8) is 0 Å². The van der Waals surface area contributed by atoms with Crippen LogP contribution in [0.2, 0.25) is 0 Å². The number of nitrogens with zero attached hydrogens (tertiary/aromatic N) is 3. The Morgan fingerprint density at radius 3 is 2.50 bits per heavy atom. The summed E-state index contributed by atoms with van der Waals surface area (Å²) < 4.78 is 9.79. The van der Waals surface area contributed by atoms with Crippen LogP contribution in [-0.4, -0.2) is 51.0 Å². The Kier molecular flexibility index (Phi) is 6.40. The van der Waals surface area contributed by atoms with Crippen molar-refractivity contribution in [3.8, 4) is 0 Å². The van der Waals surface area contributed by atoms with Crippen molar-refractivity contribution < 1.29 is 29.0 Å². The molecule has 1 unspecified atom stereocenters. The van der Waals surface area contributed by atoms with Crippen LogP contribution in [0.15, 0.2) is 10.9 Å². The van der Waals surface area contributed by atoms with E-state index in [0.717, 1.165) is 0 Å². The molecule has 2 N–H and O–H groups in total. The smallest absolute Gasteiger partial charge is 0.420 e. The monoisotopic (exact) mass is 388 g/mol. The maximum atomic E-state index is 12.4. The molecule has 2 aromatic rings. The predicted octanol–water partition coefficient (Wildman–Crippen LogP) is 0.984. The molecule has 0 bridgehead atoms. The molecule has 0 saturated carbocycles. The number of aromatic amines is 1. The minimum Gasteiger partial charge on any atom is -0.462 e. The number of aliphatic hydroxyl groups is 1. The van der Waals surface area contributed by atoms with E-state index in [-0.39, 0.29) is 35.2 Å². The molecule has 2 rings (SSSR count). The maximum Gasteiger partial charge on any atom is 0.420 e. The molecule has 0 fully saturated rings. The van der Waals surface area contributed by atoms with Gasteiger partial charge in [-0.3, -0.25) is 4.79 Å². The van der Waals surface area contributed by atoms with Crippen LogP contribution in [0.25, 0.3) is 16.3 Å². The molecule has 0 aliphatic rings. The summed E-state index contributed by atoms with van der Waals surface area (Å²) in [6, 6.07) is 1.48. The summed E-state index contributed by atoms with van der Waals surface area (Å²) in [6.45, 7) is 6.60. The third kappa shape index (κ3) is 3.68. The van der Waals surface area contributed by atoms with Gasteiger partial charge in [-0.25, -0.2) is 14.7 Å². The Hall–Kier alpha value is -3.36. The molecule has 1 heterocycles. The van der Waals surface area contributed by atoms with Crippen molar-refractivity contribution in [2.75, 3.05) is 13.2 Å². The Balaban J connectivity index is 2.76. The van der Waals surface area contributed by atoms with Crippen LogP contribution in [0.4, 0.5) is 0 Å². The zero-order valence-corrected chi connectivity index (χ0v) is 15.9. The van der Waals surface area contributed by atoms with E-state index >= 15 is 0 Å². The fraction of sp³-hybridized carbons (Fsp3) is 0.389. The van der Waals surface area contributed by atoms with Crippen molar-refractivity contribution in [2.45, 2.75) is 33.8 Å². The van der Waals surface area contributed by atoms with Gasteiger partial charge in [0.15, 0.2) is 0 Å². The normalized spacial score (nSPS) is 11.6. The van der Waals surface area contributed by atoms with E-state index in [1.807, 2.05) is 0 Å². The van der Waals surface area contributed by atoms with Crippen LogP contribution in [-0.2, 0) is 14.3 Å². The molecule has 1 aromatic heterocycles. The van der Waals surface area contributed by atoms with E-state index in [1.54, 1.807) is 27.7 Å². The first-order valence-electron chi connectivity index (χ1n) is 8.55. The van der Waals surface area contributed by atoms with Crippen LogP contribution in [0.3, 0.4) is 0 Å². The molecular formula is C18H20N4O6. The molecular weight excluding hydrogens is 368 g/mol. The lowest BCUT2D eigenvalue weighted by Gasteiger charge is -2.14. The zero-order valence-electron chi connectivity index (χ0n) is 15.9. The summed E-state index contributed by atoms with van der Waals surface area (Å²) in [6.07, 6.45) is -1.77. The molecule has 0 radical (unpaired) electrons. The average molecular weight is 388 g/mol. The lowest BCUT2D eigenvalue weighted by Crippen LogP contribution is -2.28. The van der Waals surface area contributed by atoms with Crippen LogP contribution in [0.1, 0.15) is 47.1 Å². The first kappa shape index (κ1) is 20.9. The summed E-state index contributed by atoms with van der Waals surface area (Å²) >= 11 is 0. The SMILES string of the molecule is CCOC(=O)C(=[N+]=[N-])C(O)c1n[nH]c(=O)c2c(C)c(C(=O)OCC)c(C)cc12. The number of benzene rings is 1. The lowest BCUT2D eigenvalue weighted by atomic mass is 9.94. The van der Waals surface area contributed by atoms with Gasteiger partial charge >= 0.3 is 17.7 Å². The molecule has 10 heteroatoms. The summed E-state index contributed by atoms with van der Waals surface area (Å²) in [7, 11) is 0. The highest BCUT2D eigenvalue weighted by Gasteiger charge is 2.35. The molecule has 28 heavy (non-hydrogen) atoms. The number of H-pyrrole nitrogens is 1. The third-order valence-electron chi connectivity index (χ3n) is 4.15. The van der Waals surface area contributed by atoms with Crippen LogP contribution < -0.4 is 5.56 Å². The quantitative estimate of drug-likeness (QED) is 0.323. The van der Waals surface area contributed by atoms with Crippen molar-refractivity contribution in [3.05, 3.63) is 44.3 Å². The summed E-state index contributed by atoms with van der Waals surface area (Å²) in [5, 5.41) is 16.9. The van der Waals surface area contributed by atoms with E-state index < -0.39 is 29.3 Å². The maximum absolute atomic E-state index is 12.4. The summed E-state index contributed by atoms with van der Waals surface area (Å²) in [5.74, 6) is -1.61. The molecule has 0 aliphatic carbocycles. The van der Waals surface area contributed by atoms with E-state index in [1.165, 1.54) is 6.07 Å². The van der Waals surface area contributed by atoms with Gasteiger partial charge in [-0.05, 0) is 44.9 Å². The van der Waals surface area contributed by atoms with E-state index in [4.69, 9.17) is 15.0 Å². The second kappa shape index (κ2) is 8.55. The number of aryl methyl sites for hydroxylation is 2. The van der Waals surface area contributed by atoms with Crippen molar-refractivity contribution >= 4 is 28.4 Å². The number of hydrogen-bond acceptors (Lipinski definition) is 7. The molecule has 0 saturated heterocycles. The highest BCUT2D eigenvalue weighted by molar-refractivity contribution is 6.35. The molecule has 1 atom stereocenters. The number of ether oxygens (including phenoxy) is 2. The molecule has 0 aliphatic heterocycles. The number of aromatic nitrogens is 2. The predicted molar refractivity (Wildman–Crippen MR) is 98.0 cm³/mol. The number of carbonyl (C=O) groups excluding carboxylic acids is 2. The topological polar surface area (TPSA) is 155 Å². The van der Waals surface area contributed by atoms with Crippen molar-refractivity contribution in [1.29, 1.82) is 0 Å². The van der Waals surface area contributed by atoms with Gasteiger partial charge in [0.1, 0.15) is 5.69 Å². The van der Waals surface area contributed by atoms with Gasteiger partial charge in [-0.15, -0.1) is 0 Å². The highest BCUT2D eigenvalue weighted by Crippen LogP contribution is 2.28. The summed E-state index contributed by atoms with van der Waals surface area (Å²) in [5.41, 5.74) is 8.78. The first-order chi connectivity index (χ1) is 13.3. The van der Waals surface area contributed by atoms with E-state index in [2.05, 4.69) is 15.0 Å². The summed E-state index contributed by atoms with van der Waals surface area (Å²) in [4.78, 5) is 39.4. The standard InChI is InChI=1S/C18H20N4O6/c1-5-27-17(25)11-8(3)7-10-12(9(11)4)16(24)22-21-13(10)15(23)14(20-19)18(26)28-6-2/h7,15,23H,5-6H2,1-4H3,(H,22,24). The third-order valence-corrected chi connectivity index (χ3v) is 4.15. The fourth-order valence-corrected chi connectivity index (χ4v) is 2.97. The largest absolute Gasteiger partial charge is 0.462 e. The average Bonchev–Trinajstić information content (AvgIpc) is 2.62. The number of esters is 2. The minimum absolute atomic E-state index is 0.00545. The van der Waals surface area contributed by atoms with Crippen LogP contribution in [0.5, 0.6) is 0 Å². The lowest BCUT2D eigenvalue weighted by molar-refractivity contribution is -0.141. The fourth-order valence-electron chi connectivity index (χ4n) is 2.97. The molecule has 0 spiro atoms. The van der Waals surface area contributed by atoms with Crippen molar-refractivity contribution in [2.24, 2.45) is 0 Å². The molecule has 10 nitrogen and oxygen atoms in total. The highest BCUT2D eigenvalue weighted by atomic mass is 16.5. The number of aliphatic hydroxyl groups excluding tert-OH is 1. The van der Waals surface area contributed by atoms with Gasteiger partial charge in [0.25, 0.3) is 5.56 Å². The number of carbonyl (C=O) groups is 2. The first-order valence-corrected chi connectivity index (χ1v) is 8.55. The van der Waals surface area contributed by atoms with Gasteiger partial charge < -0.3 is 20.1 Å². The number of hydrogen-bond donors (Lipinski definition) is 2. The molecule has 0 amide bonds. The Labute approximate surface area is 159 Å². The second-order valence-corrected chi connectivity index (χ2v) is 5.88.